The molecule has 0 unspecified atom stereocenters. The molecule has 30 heavy (non-hydrogen) atoms. The van der Waals surface area contributed by atoms with Crippen molar-refractivity contribution in [2.45, 2.75) is 13.0 Å². The standard InChI is InChI=1S/C23H16F2N4O/c24-14-9-10-16(25)19(13-14)26-21(30)11-12-29-20-8-4-1-5-15(20)22-23(29)28-18-7-3-2-6-17(18)27-22/h1-10,13H,11-12H2,(H,26,30). The lowest BCUT2D eigenvalue weighted by Crippen LogP contribution is -2.15. The Labute approximate surface area is 170 Å². The van der Waals surface area contributed by atoms with Crippen molar-refractivity contribution in [2.24, 2.45) is 0 Å². The Kier molecular flexibility index (Phi) is 4.35. The van der Waals surface area contributed by atoms with E-state index in [9.17, 15) is 13.6 Å². The maximum absolute atomic E-state index is 13.8. The summed E-state index contributed by atoms with van der Waals surface area (Å²) in [7, 11) is 0. The van der Waals surface area contributed by atoms with Gasteiger partial charge < -0.3 is 9.88 Å². The van der Waals surface area contributed by atoms with Crippen LogP contribution in [0.15, 0.2) is 66.7 Å². The van der Waals surface area contributed by atoms with Gasteiger partial charge in [0.05, 0.1) is 22.2 Å². The monoisotopic (exact) mass is 402 g/mol. The van der Waals surface area contributed by atoms with Crippen LogP contribution in [0.1, 0.15) is 6.42 Å². The number of halogens is 2. The quantitative estimate of drug-likeness (QED) is 0.458. The number of aryl methyl sites for hydroxylation is 1. The zero-order chi connectivity index (χ0) is 20.7. The van der Waals surface area contributed by atoms with E-state index in [1.165, 1.54) is 0 Å². The van der Waals surface area contributed by atoms with E-state index in [0.29, 0.717) is 12.2 Å². The van der Waals surface area contributed by atoms with Crippen LogP contribution in [0.2, 0.25) is 0 Å². The van der Waals surface area contributed by atoms with Gasteiger partial charge in [-0.1, -0.05) is 30.3 Å². The van der Waals surface area contributed by atoms with Gasteiger partial charge in [-0.05, 0) is 30.3 Å². The number of benzene rings is 3. The largest absolute Gasteiger partial charge is 0.323 e. The SMILES string of the molecule is O=C(CCn1c2ccccc2c2nc3ccccc3nc21)Nc1cc(F)ccc1F. The smallest absolute Gasteiger partial charge is 0.226 e. The highest BCUT2D eigenvalue weighted by atomic mass is 19.1. The third-order valence-corrected chi connectivity index (χ3v) is 5.02. The fourth-order valence-electron chi connectivity index (χ4n) is 3.63. The Morgan fingerprint density at radius 1 is 0.933 bits per heavy atom. The van der Waals surface area contributed by atoms with Crippen LogP contribution in [0.4, 0.5) is 14.5 Å². The summed E-state index contributed by atoms with van der Waals surface area (Å²) in [5, 5.41) is 3.38. The molecule has 2 aromatic heterocycles. The summed E-state index contributed by atoms with van der Waals surface area (Å²) in [5.41, 5.74) is 3.74. The second kappa shape index (κ2) is 7.18. The first-order chi connectivity index (χ1) is 14.6. The minimum atomic E-state index is -0.682. The van der Waals surface area contributed by atoms with Gasteiger partial charge in [0.15, 0.2) is 5.65 Å². The lowest BCUT2D eigenvalue weighted by atomic mass is 10.2. The molecule has 1 N–H and O–H groups in total. The Bertz CT molecular complexity index is 1430. The highest BCUT2D eigenvalue weighted by molar-refractivity contribution is 6.06. The van der Waals surface area contributed by atoms with Gasteiger partial charge in [0.25, 0.3) is 0 Å². The van der Waals surface area contributed by atoms with Crippen LogP contribution in [0.5, 0.6) is 0 Å². The molecule has 0 atom stereocenters. The van der Waals surface area contributed by atoms with Crippen LogP contribution in [-0.4, -0.2) is 20.4 Å². The van der Waals surface area contributed by atoms with E-state index in [-0.39, 0.29) is 12.1 Å². The second-order valence-corrected chi connectivity index (χ2v) is 6.98. The minimum Gasteiger partial charge on any atom is -0.323 e. The number of fused-ring (bicyclic) bond motifs is 4. The van der Waals surface area contributed by atoms with Crippen molar-refractivity contribution in [3.8, 4) is 0 Å². The molecule has 0 saturated carbocycles. The molecule has 0 aliphatic rings. The van der Waals surface area contributed by atoms with Crippen molar-refractivity contribution in [3.05, 3.63) is 78.4 Å². The van der Waals surface area contributed by atoms with Gasteiger partial charge in [0, 0.05) is 24.4 Å². The first kappa shape index (κ1) is 18.2. The van der Waals surface area contributed by atoms with Crippen LogP contribution >= 0.6 is 0 Å². The van der Waals surface area contributed by atoms with Gasteiger partial charge in [-0.15, -0.1) is 0 Å². The Morgan fingerprint density at radius 3 is 2.50 bits per heavy atom. The fourth-order valence-corrected chi connectivity index (χ4v) is 3.63. The molecule has 0 spiro atoms. The van der Waals surface area contributed by atoms with Gasteiger partial charge >= 0.3 is 0 Å². The van der Waals surface area contributed by atoms with Crippen molar-refractivity contribution in [1.29, 1.82) is 0 Å². The number of para-hydroxylation sites is 3. The molecule has 0 aliphatic carbocycles. The number of nitrogens with one attached hydrogen (secondary N) is 1. The van der Waals surface area contributed by atoms with E-state index in [4.69, 9.17) is 9.97 Å². The molecule has 0 fully saturated rings. The molecule has 5 nitrogen and oxygen atoms in total. The van der Waals surface area contributed by atoms with E-state index in [1.54, 1.807) is 0 Å². The van der Waals surface area contributed by atoms with E-state index >= 15 is 0 Å². The van der Waals surface area contributed by atoms with E-state index in [2.05, 4.69) is 5.32 Å². The highest BCUT2D eigenvalue weighted by Crippen LogP contribution is 2.28. The molecule has 3 aromatic carbocycles. The van der Waals surface area contributed by atoms with Crippen LogP contribution in [0.3, 0.4) is 0 Å². The normalized spacial score (nSPS) is 11.4. The maximum atomic E-state index is 13.8. The summed E-state index contributed by atoms with van der Waals surface area (Å²) in [6.07, 6.45) is 0.0677. The first-order valence-corrected chi connectivity index (χ1v) is 9.49. The Morgan fingerprint density at radius 2 is 1.67 bits per heavy atom. The fraction of sp³-hybridized carbons (Fsp3) is 0.0870. The number of nitrogens with zero attached hydrogens (tertiary/aromatic N) is 3. The molecule has 5 rings (SSSR count). The Hall–Kier alpha value is -3.87. The van der Waals surface area contributed by atoms with Crippen molar-refractivity contribution in [3.63, 3.8) is 0 Å². The molecular formula is C23H16F2N4O. The number of carbonyl (C=O) groups excluding carboxylic acids is 1. The lowest BCUT2D eigenvalue weighted by Gasteiger charge is -2.09. The number of hydrogen-bond donors (Lipinski definition) is 1. The van der Waals surface area contributed by atoms with E-state index in [1.807, 2.05) is 53.1 Å². The van der Waals surface area contributed by atoms with Gasteiger partial charge in [-0.3, -0.25) is 4.79 Å². The summed E-state index contributed by atoms with van der Waals surface area (Å²) in [6, 6.07) is 18.3. The number of hydrogen-bond acceptors (Lipinski definition) is 3. The molecule has 1 amide bonds. The number of carbonyl (C=O) groups is 1. The molecule has 0 bridgehead atoms. The third kappa shape index (κ3) is 3.14. The van der Waals surface area contributed by atoms with Gasteiger partial charge in [-0.25, -0.2) is 18.7 Å². The Balaban J connectivity index is 1.51. The van der Waals surface area contributed by atoms with Crippen molar-refractivity contribution >= 4 is 44.7 Å². The average molecular weight is 402 g/mol. The third-order valence-electron chi connectivity index (χ3n) is 5.02. The predicted octanol–water partition coefficient (Wildman–Crippen LogP) is 5.04. The molecule has 5 aromatic rings. The molecule has 7 heteroatoms. The lowest BCUT2D eigenvalue weighted by molar-refractivity contribution is -0.116. The number of anilines is 1. The number of amides is 1. The van der Waals surface area contributed by atoms with Crippen LogP contribution in [0.25, 0.3) is 33.1 Å². The van der Waals surface area contributed by atoms with Crippen LogP contribution < -0.4 is 5.32 Å². The zero-order valence-corrected chi connectivity index (χ0v) is 15.8. The highest BCUT2D eigenvalue weighted by Gasteiger charge is 2.15. The minimum absolute atomic E-state index is 0.0677. The molecule has 0 aliphatic heterocycles. The second-order valence-electron chi connectivity index (χ2n) is 6.98. The topological polar surface area (TPSA) is 59.8 Å². The number of aromatic nitrogens is 3. The van der Waals surface area contributed by atoms with Crippen molar-refractivity contribution < 1.29 is 13.6 Å². The van der Waals surface area contributed by atoms with Crippen molar-refractivity contribution in [1.82, 2.24) is 14.5 Å². The molecule has 0 radical (unpaired) electrons. The summed E-state index contributed by atoms with van der Waals surface area (Å²) in [5.74, 6) is -1.71. The molecular weight excluding hydrogens is 386 g/mol. The summed E-state index contributed by atoms with van der Waals surface area (Å²) in [4.78, 5) is 21.9. The molecule has 2 heterocycles. The van der Waals surface area contributed by atoms with Gasteiger partial charge in [0.1, 0.15) is 17.2 Å². The molecule has 0 saturated heterocycles. The summed E-state index contributed by atoms with van der Waals surface area (Å²) in [6.45, 7) is 0.319. The predicted molar refractivity (Wildman–Crippen MR) is 112 cm³/mol. The maximum Gasteiger partial charge on any atom is 0.226 e. The van der Waals surface area contributed by atoms with Gasteiger partial charge in [-0.2, -0.15) is 0 Å². The number of rotatable bonds is 4. The van der Waals surface area contributed by atoms with Gasteiger partial charge in [0.2, 0.25) is 5.91 Å². The van der Waals surface area contributed by atoms with Crippen molar-refractivity contribution in [2.75, 3.05) is 5.32 Å². The zero-order valence-electron chi connectivity index (χ0n) is 15.8. The average Bonchev–Trinajstić information content (AvgIpc) is 3.06. The molecule has 148 valence electrons. The van der Waals surface area contributed by atoms with E-state index < -0.39 is 17.5 Å². The summed E-state index contributed by atoms with van der Waals surface area (Å²) < 4.78 is 29.1. The first-order valence-electron chi connectivity index (χ1n) is 9.49. The van der Waals surface area contributed by atoms with E-state index in [0.717, 1.165) is 45.7 Å². The van der Waals surface area contributed by atoms with Crippen LogP contribution in [0, 0.1) is 11.6 Å². The summed E-state index contributed by atoms with van der Waals surface area (Å²) >= 11 is 0. The van der Waals surface area contributed by atoms with Crippen LogP contribution in [-0.2, 0) is 11.3 Å².